The van der Waals surface area contributed by atoms with Crippen molar-refractivity contribution < 1.29 is 4.79 Å². The predicted molar refractivity (Wildman–Crippen MR) is 89.5 cm³/mol. The fourth-order valence-corrected chi connectivity index (χ4v) is 2.64. The molecule has 2 aromatic rings. The SMILES string of the molecule is CN(C)C=C1CN=C(c2ccccc2)c2ccccc2C1=O. The van der Waals surface area contributed by atoms with Crippen LogP contribution in [0.5, 0.6) is 0 Å². The van der Waals surface area contributed by atoms with Crippen LogP contribution in [0.15, 0.2) is 71.4 Å². The summed E-state index contributed by atoms with van der Waals surface area (Å²) in [5.41, 5.74) is 4.25. The Kier molecular flexibility index (Phi) is 3.88. The van der Waals surface area contributed by atoms with E-state index in [9.17, 15) is 4.79 Å². The van der Waals surface area contributed by atoms with E-state index in [1.807, 2.05) is 79.8 Å². The van der Waals surface area contributed by atoms with Crippen molar-refractivity contribution in [2.75, 3.05) is 20.6 Å². The fraction of sp³-hybridized carbons (Fsp3) is 0.158. The molecule has 0 fully saturated rings. The van der Waals surface area contributed by atoms with Gasteiger partial charge in [0.25, 0.3) is 0 Å². The molecule has 110 valence electrons. The molecule has 0 bridgehead atoms. The molecule has 0 N–H and O–H groups in total. The number of rotatable bonds is 2. The zero-order chi connectivity index (χ0) is 15.5. The first-order chi connectivity index (χ1) is 10.7. The van der Waals surface area contributed by atoms with Gasteiger partial charge in [-0.1, -0.05) is 54.6 Å². The van der Waals surface area contributed by atoms with Gasteiger partial charge in [-0.05, 0) is 0 Å². The van der Waals surface area contributed by atoms with Crippen LogP contribution in [0, 0.1) is 0 Å². The van der Waals surface area contributed by atoms with E-state index in [2.05, 4.69) is 0 Å². The molecule has 3 heteroatoms. The van der Waals surface area contributed by atoms with E-state index in [4.69, 9.17) is 4.99 Å². The lowest BCUT2D eigenvalue weighted by Crippen LogP contribution is -2.12. The summed E-state index contributed by atoms with van der Waals surface area (Å²) in [6.07, 6.45) is 1.86. The van der Waals surface area contributed by atoms with E-state index in [1.54, 1.807) is 0 Å². The van der Waals surface area contributed by atoms with E-state index in [0.29, 0.717) is 12.1 Å². The number of hydrogen-bond donors (Lipinski definition) is 0. The Balaban J connectivity index is 2.18. The molecule has 0 aliphatic carbocycles. The first-order valence-corrected chi connectivity index (χ1v) is 7.28. The number of hydrogen-bond acceptors (Lipinski definition) is 3. The molecular weight excluding hydrogens is 272 g/mol. The van der Waals surface area contributed by atoms with E-state index in [0.717, 1.165) is 22.4 Å². The van der Waals surface area contributed by atoms with Gasteiger partial charge in [-0.15, -0.1) is 0 Å². The van der Waals surface area contributed by atoms with Gasteiger partial charge in [-0.25, -0.2) is 0 Å². The highest BCUT2D eigenvalue weighted by atomic mass is 16.1. The topological polar surface area (TPSA) is 32.7 Å². The first-order valence-electron chi connectivity index (χ1n) is 7.28. The van der Waals surface area contributed by atoms with E-state index >= 15 is 0 Å². The number of Topliss-reactive ketones (excluding diaryl/α,β-unsaturated/α-hetero) is 1. The van der Waals surface area contributed by atoms with Gasteiger partial charge in [-0.2, -0.15) is 0 Å². The number of aliphatic imine (C=N–C) groups is 1. The Hall–Kier alpha value is -2.68. The molecule has 2 aromatic carbocycles. The van der Waals surface area contributed by atoms with Gasteiger partial charge in [0.05, 0.1) is 12.3 Å². The second-order valence-corrected chi connectivity index (χ2v) is 5.52. The molecule has 22 heavy (non-hydrogen) atoms. The van der Waals surface area contributed by atoms with Crippen LogP contribution >= 0.6 is 0 Å². The zero-order valence-corrected chi connectivity index (χ0v) is 12.8. The summed E-state index contributed by atoms with van der Waals surface area (Å²) in [5.74, 6) is 0.0546. The summed E-state index contributed by atoms with van der Waals surface area (Å²) >= 11 is 0. The standard InChI is InChI=1S/C19H18N2O/c1-21(2)13-15-12-20-18(14-8-4-3-5-9-14)16-10-6-7-11-17(16)19(15)22/h3-11,13H,12H2,1-2H3. The molecule has 0 saturated heterocycles. The quantitative estimate of drug-likeness (QED) is 0.796. The lowest BCUT2D eigenvalue weighted by molar-refractivity contribution is 0.103. The number of ketones is 1. The molecular formula is C19H18N2O. The summed E-state index contributed by atoms with van der Waals surface area (Å²) in [6.45, 7) is 0.399. The van der Waals surface area contributed by atoms with Crippen molar-refractivity contribution in [2.45, 2.75) is 0 Å². The molecule has 0 aromatic heterocycles. The molecule has 0 spiro atoms. The summed E-state index contributed by atoms with van der Waals surface area (Å²) in [6, 6.07) is 17.7. The monoisotopic (exact) mass is 290 g/mol. The maximum absolute atomic E-state index is 12.8. The van der Waals surface area contributed by atoms with Crippen molar-refractivity contribution in [3.05, 3.63) is 83.1 Å². The van der Waals surface area contributed by atoms with E-state index in [-0.39, 0.29) is 5.78 Å². The van der Waals surface area contributed by atoms with Gasteiger partial charge in [-0.3, -0.25) is 9.79 Å². The smallest absolute Gasteiger partial charge is 0.193 e. The Labute approximate surface area is 130 Å². The third-order valence-corrected chi connectivity index (χ3v) is 3.59. The van der Waals surface area contributed by atoms with Crippen molar-refractivity contribution in [1.82, 2.24) is 4.90 Å². The minimum absolute atomic E-state index is 0.0546. The molecule has 0 atom stereocenters. The van der Waals surface area contributed by atoms with Crippen molar-refractivity contribution >= 4 is 11.5 Å². The predicted octanol–water partition coefficient (Wildman–Crippen LogP) is 3.17. The van der Waals surface area contributed by atoms with Crippen molar-refractivity contribution in [3.8, 4) is 0 Å². The lowest BCUT2D eigenvalue weighted by atomic mass is 9.94. The van der Waals surface area contributed by atoms with Crippen LogP contribution in [-0.2, 0) is 0 Å². The lowest BCUT2D eigenvalue weighted by Gasteiger charge is -2.09. The minimum Gasteiger partial charge on any atom is -0.383 e. The maximum Gasteiger partial charge on any atom is 0.193 e. The number of carbonyl (C=O) groups is 1. The summed E-state index contributed by atoms with van der Waals surface area (Å²) in [4.78, 5) is 19.4. The Morgan fingerprint density at radius 1 is 0.955 bits per heavy atom. The van der Waals surface area contributed by atoms with Gasteiger partial charge in [0.15, 0.2) is 5.78 Å². The normalized spacial score (nSPS) is 16.0. The number of fused-ring (bicyclic) bond motifs is 1. The molecule has 3 nitrogen and oxygen atoms in total. The van der Waals surface area contributed by atoms with E-state index < -0.39 is 0 Å². The van der Waals surface area contributed by atoms with Crippen LogP contribution in [-0.4, -0.2) is 37.0 Å². The molecule has 3 rings (SSSR count). The third-order valence-electron chi connectivity index (χ3n) is 3.59. The summed E-state index contributed by atoms with van der Waals surface area (Å²) in [7, 11) is 3.83. The van der Waals surface area contributed by atoms with Crippen LogP contribution in [0.4, 0.5) is 0 Å². The molecule has 1 aliphatic heterocycles. The summed E-state index contributed by atoms with van der Waals surface area (Å²) in [5, 5.41) is 0. The van der Waals surface area contributed by atoms with Gasteiger partial charge < -0.3 is 4.90 Å². The minimum atomic E-state index is 0.0546. The van der Waals surface area contributed by atoms with Crippen LogP contribution in [0.1, 0.15) is 21.5 Å². The highest BCUT2D eigenvalue weighted by Gasteiger charge is 2.23. The van der Waals surface area contributed by atoms with Crippen LogP contribution in [0.3, 0.4) is 0 Å². The number of carbonyl (C=O) groups excluding carboxylic acids is 1. The van der Waals surface area contributed by atoms with Gasteiger partial charge in [0, 0.05) is 42.6 Å². The highest BCUT2D eigenvalue weighted by molar-refractivity contribution is 6.23. The molecule has 1 heterocycles. The summed E-state index contributed by atoms with van der Waals surface area (Å²) < 4.78 is 0. The fourth-order valence-electron chi connectivity index (χ4n) is 2.64. The average molecular weight is 290 g/mol. The molecule has 1 aliphatic rings. The van der Waals surface area contributed by atoms with Crippen LogP contribution < -0.4 is 0 Å². The van der Waals surface area contributed by atoms with Crippen molar-refractivity contribution in [2.24, 2.45) is 4.99 Å². The average Bonchev–Trinajstić information content (AvgIpc) is 2.66. The van der Waals surface area contributed by atoms with Crippen LogP contribution in [0.2, 0.25) is 0 Å². The van der Waals surface area contributed by atoms with Gasteiger partial charge in [0.1, 0.15) is 0 Å². The first kappa shape index (κ1) is 14.3. The third kappa shape index (κ3) is 2.70. The van der Waals surface area contributed by atoms with Crippen molar-refractivity contribution in [3.63, 3.8) is 0 Å². The second kappa shape index (κ2) is 5.98. The molecule has 0 saturated carbocycles. The van der Waals surface area contributed by atoms with Gasteiger partial charge in [0.2, 0.25) is 0 Å². The van der Waals surface area contributed by atoms with E-state index in [1.165, 1.54) is 0 Å². The van der Waals surface area contributed by atoms with Crippen LogP contribution in [0.25, 0.3) is 0 Å². The Morgan fingerprint density at radius 3 is 2.27 bits per heavy atom. The molecule has 0 radical (unpaired) electrons. The Bertz CT molecular complexity index is 758. The van der Waals surface area contributed by atoms with Crippen molar-refractivity contribution in [1.29, 1.82) is 0 Å². The second-order valence-electron chi connectivity index (χ2n) is 5.52. The highest BCUT2D eigenvalue weighted by Crippen LogP contribution is 2.22. The molecule has 0 amide bonds. The Morgan fingerprint density at radius 2 is 1.59 bits per heavy atom. The number of nitrogens with zero attached hydrogens (tertiary/aromatic N) is 2. The largest absolute Gasteiger partial charge is 0.383 e. The zero-order valence-electron chi connectivity index (χ0n) is 12.8. The number of benzene rings is 2. The maximum atomic E-state index is 12.8. The van der Waals surface area contributed by atoms with Gasteiger partial charge >= 0.3 is 0 Å². The molecule has 0 unspecified atom stereocenters.